The van der Waals surface area contributed by atoms with E-state index in [9.17, 15) is 14.4 Å². The molecule has 1 aliphatic rings. The van der Waals surface area contributed by atoms with Crippen molar-refractivity contribution in [1.29, 1.82) is 0 Å². The monoisotopic (exact) mass is 484 g/mol. The Balaban J connectivity index is 1.54. The molecule has 0 unspecified atom stereocenters. The third-order valence-corrected chi connectivity index (χ3v) is 5.98. The molecular formula is C24H24N2O5S2. The Kier molecular flexibility index (Phi) is 8.62. The molecule has 33 heavy (non-hydrogen) atoms. The maximum Gasteiger partial charge on any atom is 0.338 e. The lowest BCUT2D eigenvalue weighted by Gasteiger charge is -2.14. The predicted molar refractivity (Wildman–Crippen MR) is 133 cm³/mol. The van der Waals surface area contributed by atoms with Crippen molar-refractivity contribution in [2.24, 2.45) is 0 Å². The van der Waals surface area contributed by atoms with Gasteiger partial charge in [0, 0.05) is 18.7 Å². The smallest absolute Gasteiger partial charge is 0.338 e. The van der Waals surface area contributed by atoms with E-state index in [1.807, 2.05) is 31.2 Å². The number of thioether (sulfide) groups is 1. The second-order valence-corrected chi connectivity index (χ2v) is 8.61. The van der Waals surface area contributed by atoms with Crippen molar-refractivity contribution in [2.45, 2.75) is 20.3 Å². The molecule has 1 heterocycles. The van der Waals surface area contributed by atoms with Gasteiger partial charge in [0.05, 0.1) is 23.7 Å². The fraction of sp³-hybridized carbons (Fsp3) is 0.250. The highest BCUT2D eigenvalue weighted by molar-refractivity contribution is 8.26. The van der Waals surface area contributed by atoms with Gasteiger partial charge in [-0.3, -0.25) is 14.5 Å². The number of esters is 1. The van der Waals surface area contributed by atoms with Crippen LogP contribution in [0, 0.1) is 0 Å². The maximum atomic E-state index is 12.8. The molecule has 0 spiro atoms. The molecule has 7 nitrogen and oxygen atoms in total. The minimum atomic E-state index is -0.414. The molecule has 2 amide bonds. The summed E-state index contributed by atoms with van der Waals surface area (Å²) in [4.78, 5) is 38.8. The number of anilines is 1. The Morgan fingerprint density at radius 3 is 2.39 bits per heavy atom. The van der Waals surface area contributed by atoms with Crippen LogP contribution in [-0.4, -0.2) is 46.8 Å². The third-order valence-electron chi connectivity index (χ3n) is 4.60. The van der Waals surface area contributed by atoms with Gasteiger partial charge in [-0.05, 0) is 61.9 Å². The zero-order valence-corrected chi connectivity index (χ0v) is 20.0. The Labute approximate surface area is 202 Å². The van der Waals surface area contributed by atoms with E-state index in [0.29, 0.717) is 33.7 Å². The molecule has 1 N–H and O–H groups in total. The number of hydrogen-bond donors (Lipinski definition) is 1. The van der Waals surface area contributed by atoms with Crippen LogP contribution in [0.4, 0.5) is 5.69 Å². The summed E-state index contributed by atoms with van der Waals surface area (Å²) in [5.74, 6) is -0.124. The number of carbonyl (C=O) groups is 3. The molecule has 172 valence electrons. The summed E-state index contributed by atoms with van der Waals surface area (Å²) in [6.07, 6.45) is 1.86. The maximum absolute atomic E-state index is 12.8. The van der Waals surface area contributed by atoms with Crippen LogP contribution in [0.25, 0.3) is 6.08 Å². The molecule has 0 aliphatic carbocycles. The standard InChI is InChI=1S/C24H24N2O5S2/c1-3-30-19-11-5-16(6-12-19)15-20-22(28)26(24(32)33-20)14-13-21(27)25-18-9-7-17(8-10-18)23(29)31-4-2/h5-12,15H,3-4,13-14H2,1-2H3,(H,25,27)/b20-15+. The van der Waals surface area contributed by atoms with Gasteiger partial charge in [-0.1, -0.05) is 36.1 Å². The molecule has 2 aromatic carbocycles. The number of rotatable bonds is 9. The highest BCUT2D eigenvalue weighted by Gasteiger charge is 2.32. The minimum Gasteiger partial charge on any atom is -0.494 e. The normalized spacial score (nSPS) is 14.5. The lowest BCUT2D eigenvalue weighted by atomic mass is 10.2. The second-order valence-electron chi connectivity index (χ2n) is 6.93. The van der Waals surface area contributed by atoms with Crippen molar-refractivity contribution in [3.63, 3.8) is 0 Å². The fourth-order valence-electron chi connectivity index (χ4n) is 3.01. The first-order chi connectivity index (χ1) is 15.9. The SMILES string of the molecule is CCOC(=O)c1ccc(NC(=O)CCN2C(=O)/C(=C\c3ccc(OCC)cc3)SC2=S)cc1. The van der Waals surface area contributed by atoms with Gasteiger partial charge in [-0.2, -0.15) is 0 Å². The van der Waals surface area contributed by atoms with Crippen LogP contribution in [0.1, 0.15) is 36.2 Å². The van der Waals surface area contributed by atoms with Crippen LogP contribution in [0.2, 0.25) is 0 Å². The van der Waals surface area contributed by atoms with E-state index in [1.165, 1.54) is 16.7 Å². The molecule has 0 aromatic heterocycles. The fourth-order valence-corrected chi connectivity index (χ4v) is 4.32. The summed E-state index contributed by atoms with van der Waals surface area (Å²) < 4.78 is 10.8. The minimum absolute atomic E-state index is 0.0857. The Morgan fingerprint density at radius 1 is 1.06 bits per heavy atom. The average Bonchev–Trinajstić information content (AvgIpc) is 3.06. The van der Waals surface area contributed by atoms with E-state index in [4.69, 9.17) is 21.7 Å². The molecule has 2 aromatic rings. The highest BCUT2D eigenvalue weighted by atomic mass is 32.2. The van der Waals surface area contributed by atoms with Crippen LogP contribution in [0.5, 0.6) is 5.75 Å². The van der Waals surface area contributed by atoms with Crippen molar-refractivity contribution in [1.82, 2.24) is 4.90 Å². The third kappa shape index (κ3) is 6.66. The zero-order chi connectivity index (χ0) is 23.8. The van der Waals surface area contributed by atoms with E-state index in [0.717, 1.165) is 11.3 Å². The number of nitrogens with one attached hydrogen (secondary N) is 1. The molecule has 1 fully saturated rings. The molecule has 0 bridgehead atoms. The van der Waals surface area contributed by atoms with Crippen molar-refractivity contribution in [3.05, 3.63) is 64.6 Å². The number of nitrogens with zero attached hydrogens (tertiary/aromatic N) is 1. The molecule has 9 heteroatoms. The van der Waals surface area contributed by atoms with Gasteiger partial charge in [0.2, 0.25) is 5.91 Å². The average molecular weight is 485 g/mol. The Hall–Kier alpha value is -3.17. The largest absolute Gasteiger partial charge is 0.494 e. The van der Waals surface area contributed by atoms with Crippen molar-refractivity contribution < 1.29 is 23.9 Å². The first kappa shape index (κ1) is 24.5. The van der Waals surface area contributed by atoms with E-state index in [-0.39, 0.29) is 24.8 Å². The van der Waals surface area contributed by atoms with Gasteiger partial charge in [0.25, 0.3) is 5.91 Å². The van der Waals surface area contributed by atoms with Crippen molar-refractivity contribution in [2.75, 3.05) is 25.1 Å². The number of hydrogen-bond acceptors (Lipinski definition) is 7. The number of carbonyl (C=O) groups excluding carboxylic acids is 3. The quantitative estimate of drug-likeness (QED) is 0.319. The highest BCUT2D eigenvalue weighted by Crippen LogP contribution is 2.32. The Morgan fingerprint density at radius 2 is 1.76 bits per heavy atom. The van der Waals surface area contributed by atoms with Gasteiger partial charge < -0.3 is 14.8 Å². The van der Waals surface area contributed by atoms with E-state index in [1.54, 1.807) is 37.3 Å². The van der Waals surface area contributed by atoms with Gasteiger partial charge in [0.1, 0.15) is 10.1 Å². The lowest BCUT2D eigenvalue weighted by Crippen LogP contribution is -2.31. The number of thiocarbonyl (C=S) groups is 1. The van der Waals surface area contributed by atoms with Gasteiger partial charge >= 0.3 is 5.97 Å². The van der Waals surface area contributed by atoms with Crippen molar-refractivity contribution in [3.8, 4) is 5.75 Å². The topological polar surface area (TPSA) is 84.9 Å². The molecule has 3 rings (SSSR count). The second kappa shape index (κ2) is 11.6. The lowest BCUT2D eigenvalue weighted by molar-refractivity contribution is -0.122. The van der Waals surface area contributed by atoms with Gasteiger partial charge in [0.15, 0.2) is 0 Å². The summed E-state index contributed by atoms with van der Waals surface area (Å²) in [6, 6.07) is 13.9. The number of benzene rings is 2. The van der Waals surface area contributed by atoms with Gasteiger partial charge in [-0.25, -0.2) is 4.79 Å². The van der Waals surface area contributed by atoms with E-state index in [2.05, 4.69) is 5.32 Å². The number of amides is 2. The zero-order valence-electron chi connectivity index (χ0n) is 18.3. The summed E-state index contributed by atoms with van der Waals surface area (Å²) in [7, 11) is 0. The summed E-state index contributed by atoms with van der Waals surface area (Å²) >= 11 is 6.56. The molecule has 1 saturated heterocycles. The molecule has 0 saturated carbocycles. The van der Waals surface area contributed by atoms with Gasteiger partial charge in [-0.15, -0.1) is 0 Å². The first-order valence-corrected chi connectivity index (χ1v) is 11.7. The van der Waals surface area contributed by atoms with E-state index < -0.39 is 5.97 Å². The first-order valence-electron chi connectivity index (χ1n) is 10.5. The van der Waals surface area contributed by atoms with Crippen LogP contribution in [-0.2, 0) is 14.3 Å². The Bertz CT molecular complexity index is 1070. The van der Waals surface area contributed by atoms with Crippen molar-refractivity contribution >= 4 is 57.8 Å². The number of ether oxygens (including phenoxy) is 2. The molecule has 0 radical (unpaired) electrons. The van der Waals surface area contributed by atoms with Crippen LogP contribution in [0.15, 0.2) is 53.4 Å². The van der Waals surface area contributed by atoms with Crippen LogP contribution in [0.3, 0.4) is 0 Å². The summed E-state index contributed by atoms with van der Waals surface area (Å²) in [6.45, 7) is 4.72. The predicted octanol–water partition coefficient (Wildman–Crippen LogP) is 4.49. The van der Waals surface area contributed by atoms with E-state index >= 15 is 0 Å². The van der Waals surface area contributed by atoms with Crippen LogP contribution >= 0.6 is 24.0 Å². The molecular weight excluding hydrogens is 460 g/mol. The molecule has 1 aliphatic heterocycles. The molecule has 0 atom stereocenters. The van der Waals surface area contributed by atoms with Crippen LogP contribution < -0.4 is 10.1 Å². The summed E-state index contributed by atoms with van der Waals surface area (Å²) in [5, 5.41) is 2.75. The summed E-state index contributed by atoms with van der Waals surface area (Å²) in [5.41, 5.74) is 1.82.